The second kappa shape index (κ2) is 5.45. The summed E-state index contributed by atoms with van der Waals surface area (Å²) in [6.07, 6.45) is 0.434. The van der Waals surface area contributed by atoms with Gasteiger partial charge in [-0.15, -0.1) is 0 Å². The van der Waals surface area contributed by atoms with E-state index >= 15 is 0 Å². The summed E-state index contributed by atoms with van der Waals surface area (Å²) in [5.74, 6) is -0.449. The minimum absolute atomic E-state index is 0.137. The number of carbonyl (C=O) groups is 1. The van der Waals surface area contributed by atoms with E-state index in [1.165, 1.54) is 12.1 Å². The molecule has 1 rings (SSSR count). The highest BCUT2D eigenvalue weighted by atomic mass is 79.9. The Hall–Kier alpha value is -1.47. The van der Waals surface area contributed by atoms with E-state index in [4.69, 9.17) is 5.73 Å². The number of nitrogens with one attached hydrogen (secondary N) is 1. The third-order valence-electron chi connectivity index (χ3n) is 2.66. The minimum atomic E-state index is -1.05. The van der Waals surface area contributed by atoms with Gasteiger partial charge in [0.25, 0.3) is 5.69 Å². The highest BCUT2D eigenvalue weighted by Gasteiger charge is 2.28. The minimum Gasteiger partial charge on any atom is -0.319 e. The normalized spacial score (nSPS) is 13.8. The van der Waals surface area contributed by atoms with E-state index in [9.17, 15) is 14.9 Å². The van der Waals surface area contributed by atoms with Crippen LogP contribution in [0.3, 0.4) is 0 Å². The molecule has 1 unspecified atom stereocenters. The third-order valence-corrected chi connectivity index (χ3v) is 3.15. The maximum Gasteiger partial charge on any atom is 0.293 e. The van der Waals surface area contributed by atoms with E-state index in [-0.39, 0.29) is 11.4 Å². The molecule has 1 atom stereocenters. The molecule has 0 bridgehead atoms. The monoisotopic (exact) mass is 315 g/mol. The molecule has 0 heterocycles. The third kappa shape index (κ3) is 3.27. The molecule has 0 radical (unpaired) electrons. The van der Waals surface area contributed by atoms with Crippen molar-refractivity contribution < 1.29 is 9.72 Å². The van der Waals surface area contributed by atoms with Gasteiger partial charge >= 0.3 is 0 Å². The molecule has 7 heteroatoms. The number of benzene rings is 1. The van der Waals surface area contributed by atoms with Gasteiger partial charge in [0.05, 0.1) is 10.5 Å². The van der Waals surface area contributed by atoms with E-state index in [1.807, 2.05) is 0 Å². The van der Waals surface area contributed by atoms with E-state index in [0.29, 0.717) is 10.9 Å². The predicted octanol–water partition coefficient (Wildman–Crippen LogP) is 2.42. The van der Waals surface area contributed by atoms with Crippen molar-refractivity contribution in [2.45, 2.75) is 25.8 Å². The van der Waals surface area contributed by atoms with Crippen molar-refractivity contribution in [1.82, 2.24) is 0 Å². The van der Waals surface area contributed by atoms with Crippen molar-refractivity contribution in [3.63, 3.8) is 0 Å². The number of carbonyl (C=O) groups excluding carboxylic acids is 1. The molecule has 18 heavy (non-hydrogen) atoms. The average Bonchev–Trinajstić information content (AvgIpc) is 2.31. The lowest BCUT2D eigenvalue weighted by molar-refractivity contribution is -0.384. The van der Waals surface area contributed by atoms with Gasteiger partial charge in [0.15, 0.2) is 0 Å². The molecule has 0 fully saturated rings. The van der Waals surface area contributed by atoms with Crippen LogP contribution in [0.1, 0.15) is 20.3 Å². The van der Waals surface area contributed by atoms with Crippen molar-refractivity contribution in [3.05, 3.63) is 32.8 Å². The van der Waals surface area contributed by atoms with E-state index in [1.54, 1.807) is 19.9 Å². The van der Waals surface area contributed by atoms with Crippen LogP contribution in [0.15, 0.2) is 22.7 Å². The second-order valence-electron chi connectivity index (χ2n) is 4.14. The Bertz CT molecular complexity index is 488. The quantitative estimate of drug-likeness (QED) is 0.658. The predicted molar refractivity (Wildman–Crippen MR) is 72.3 cm³/mol. The zero-order valence-electron chi connectivity index (χ0n) is 10.1. The highest BCUT2D eigenvalue weighted by molar-refractivity contribution is 9.10. The topological polar surface area (TPSA) is 98.3 Å². The standard InChI is InChI=1S/C11H14BrN3O3/c1-3-11(2,13)10(16)14-8-5-4-7(12)6-9(8)15(17)18/h4-6H,3,13H2,1-2H3,(H,14,16). The molecule has 6 nitrogen and oxygen atoms in total. The van der Waals surface area contributed by atoms with Gasteiger partial charge in [0.1, 0.15) is 5.69 Å². The van der Waals surface area contributed by atoms with Crippen LogP contribution in [0, 0.1) is 10.1 Å². The lowest BCUT2D eigenvalue weighted by Crippen LogP contribution is -2.47. The summed E-state index contributed by atoms with van der Waals surface area (Å²) in [5, 5.41) is 13.4. The lowest BCUT2D eigenvalue weighted by atomic mass is 9.99. The maximum atomic E-state index is 11.9. The van der Waals surface area contributed by atoms with E-state index in [2.05, 4.69) is 21.2 Å². The van der Waals surface area contributed by atoms with Gasteiger partial charge in [-0.3, -0.25) is 14.9 Å². The number of nitrogens with two attached hydrogens (primary N) is 1. The van der Waals surface area contributed by atoms with Crippen LogP contribution in [0.25, 0.3) is 0 Å². The van der Waals surface area contributed by atoms with Crippen LogP contribution in [-0.2, 0) is 4.79 Å². The van der Waals surface area contributed by atoms with Gasteiger partial charge in [-0.1, -0.05) is 22.9 Å². The largest absolute Gasteiger partial charge is 0.319 e. The van der Waals surface area contributed by atoms with Crippen molar-refractivity contribution in [2.24, 2.45) is 5.73 Å². The van der Waals surface area contributed by atoms with E-state index in [0.717, 1.165) is 0 Å². The maximum absolute atomic E-state index is 11.9. The number of hydrogen-bond donors (Lipinski definition) is 2. The number of halogens is 1. The Morgan fingerprint density at radius 2 is 2.22 bits per heavy atom. The summed E-state index contributed by atoms with van der Waals surface area (Å²) in [5.41, 5.74) is 4.68. The smallest absolute Gasteiger partial charge is 0.293 e. The molecule has 1 aromatic rings. The molecule has 0 saturated carbocycles. The molecular weight excluding hydrogens is 302 g/mol. The molecule has 0 spiro atoms. The molecular formula is C11H14BrN3O3. The molecule has 0 saturated heterocycles. The summed E-state index contributed by atoms with van der Waals surface area (Å²) in [6, 6.07) is 4.41. The van der Waals surface area contributed by atoms with Crippen LogP contribution in [0.2, 0.25) is 0 Å². The van der Waals surface area contributed by atoms with E-state index < -0.39 is 16.4 Å². The summed E-state index contributed by atoms with van der Waals surface area (Å²) in [6.45, 7) is 3.35. The van der Waals surface area contributed by atoms with Gasteiger partial charge in [0.2, 0.25) is 5.91 Å². The summed E-state index contributed by atoms with van der Waals surface area (Å²) in [4.78, 5) is 22.2. The first kappa shape index (κ1) is 14.6. The SMILES string of the molecule is CCC(C)(N)C(=O)Nc1ccc(Br)cc1[N+](=O)[O-]. The highest BCUT2D eigenvalue weighted by Crippen LogP contribution is 2.28. The van der Waals surface area contributed by atoms with Crippen LogP contribution < -0.4 is 11.1 Å². The second-order valence-corrected chi connectivity index (χ2v) is 5.06. The number of nitro groups is 1. The number of amides is 1. The zero-order chi connectivity index (χ0) is 13.9. The van der Waals surface area contributed by atoms with Crippen molar-refractivity contribution >= 4 is 33.2 Å². The molecule has 0 aliphatic carbocycles. The Morgan fingerprint density at radius 3 is 2.72 bits per heavy atom. The van der Waals surface area contributed by atoms with Gasteiger partial charge in [0, 0.05) is 10.5 Å². The first-order valence-corrected chi connectivity index (χ1v) is 6.11. The number of hydrogen-bond acceptors (Lipinski definition) is 4. The molecule has 0 aliphatic rings. The molecule has 0 aromatic heterocycles. The fourth-order valence-electron chi connectivity index (χ4n) is 1.19. The summed E-state index contributed by atoms with van der Waals surface area (Å²) in [7, 11) is 0. The first-order valence-electron chi connectivity index (χ1n) is 5.32. The number of nitro benzene ring substituents is 1. The zero-order valence-corrected chi connectivity index (χ0v) is 11.7. The van der Waals surface area contributed by atoms with Gasteiger partial charge in [-0.05, 0) is 25.5 Å². The Morgan fingerprint density at radius 1 is 1.61 bits per heavy atom. The number of rotatable bonds is 4. The summed E-state index contributed by atoms with van der Waals surface area (Å²) >= 11 is 3.14. The van der Waals surface area contributed by atoms with Crippen LogP contribution >= 0.6 is 15.9 Å². The average molecular weight is 316 g/mol. The van der Waals surface area contributed by atoms with Gasteiger partial charge in [-0.25, -0.2) is 0 Å². The molecule has 0 aliphatic heterocycles. The van der Waals surface area contributed by atoms with Crippen LogP contribution in [-0.4, -0.2) is 16.4 Å². The Labute approximate surface area is 113 Å². The van der Waals surface area contributed by atoms with Crippen molar-refractivity contribution in [1.29, 1.82) is 0 Å². The molecule has 98 valence electrons. The van der Waals surface area contributed by atoms with Crippen molar-refractivity contribution in [2.75, 3.05) is 5.32 Å². The van der Waals surface area contributed by atoms with Gasteiger partial charge < -0.3 is 11.1 Å². The fourth-order valence-corrected chi connectivity index (χ4v) is 1.54. The Kier molecular flexibility index (Phi) is 4.42. The first-order chi connectivity index (χ1) is 8.27. The molecule has 1 aromatic carbocycles. The Balaban J connectivity index is 3.05. The molecule has 1 amide bonds. The lowest BCUT2D eigenvalue weighted by Gasteiger charge is -2.21. The van der Waals surface area contributed by atoms with Crippen LogP contribution in [0.4, 0.5) is 11.4 Å². The van der Waals surface area contributed by atoms with Crippen molar-refractivity contribution in [3.8, 4) is 0 Å². The number of nitrogens with zero attached hydrogens (tertiary/aromatic N) is 1. The summed E-state index contributed by atoms with van der Waals surface area (Å²) < 4.78 is 0.568. The fraction of sp³-hybridized carbons (Fsp3) is 0.364. The number of anilines is 1. The van der Waals surface area contributed by atoms with Crippen LogP contribution in [0.5, 0.6) is 0 Å². The molecule has 3 N–H and O–H groups in total. The van der Waals surface area contributed by atoms with Gasteiger partial charge in [-0.2, -0.15) is 0 Å².